The maximum absolute atomic E-state index is 6.46. The molecule has 0 fully saturated rings. The van der Waals surface area contributed by atoms with Crippen LogP contribution in [0.4, 0.5) is 0 Å². The Morgan fingerprint density at radius 1 is 1.05 bits per heavy atom. The second-order valence-electron chi connectivity index (χ2n) is 6.07. The van der Waals surface area contributed by atoms with Gasteiger partial charge >= 0.3 is 0 Å². The van der Waals surface area contributed by atoms with Gasteiger partial charge in [-0.15, -0.1) is 0 Å². The van der Waals surface area contributed by atoms with E-state index in [-0.39, 0.29) is 6.04 Å². The van der Waals surface area contributed by atoms with Gasteiger partial charge in [0.15, 0.2) is 0 Å². The Labute approximate surface area is 127 Å². The number of benzene rings is 2. The summed E-state index contributed by atoms with van der Waals surface area (Å²) >= 11 is 0. The standard InChI is InChI=1S/C19H24N2/c1-15-7-2-5-11-18(15)19(20)14-21-12-6-10-16-8-3-4-9-17(16)13-21/h2-5,7-9,11,19H,6,10,12-14,20H2,1H3. The minimum absolute atomic E-state index is 0.0939. The fraction of sp³-hybridized carbons (Fsp3) is 0.368. The highest BCUT2D eigenvalue weighted by Gasteiger charge is 2.17. The zero-order valence-electron chi connectivity index (χ0n) is 12.8. The molecule has 1 aliphatic heterocycles. The first-order chi connectivity index (χ1) is 10.2. The molecule has 2 N–H and O–H groups in total. The van der Waals surface area contributed by atoms with E-state index in [0.29, 0.717) is 0 Å². The first kappa shape index (κ1) is 14.3. The van der Waals surface area contributed by atoms with Crippen molar-refractivity contribution in [2.75, 3.05) is 13.1 Å². The highest BCUT2D eigenvalue weighted by Crippen LogP contribution is 2.21. The van der Waals surface area contributed by atoms with E-state index < -0.39 is 0 Å². The van der Waals surface area contributed by atoms with Crippen LogP contribution in [-0.4, -0.2) is 18.0 Å². The van der Waals surface area contributed by atoms with Gasteiger partial charge in [0.2, 0.25) is 0 Å². The largest absolute Gasteiger partial charge is 0.323 e. The van der Waals surface area contributed by atoms with Gasteiger partial charge in [0, 0.05) is 19.1 Å². The Morgan fingerprint density at radius 3 is 2.57 bits per heavy atom. The monoisotopic (exact) mass is 280 g/mol. The molecule has 0 radical (unpaired) electrons. The highest BCUT2D eigenvalue weighted by atomic mass is 15.1. The lowest BCUT2D eigenvalue weighted by Gasteiger charge is -2.25. The van der Waals surface area contributed by atoms with Crippen LogP contribution >= 0.6 is 0 Å². The molecule has 0 bridgehead atoms. The molecule has 2 heteroatoms. The van der Waals surface area contributed by atoms with E-state index in [1.807, 2.05) is 0 Å². The molecule has 110 valence electrons. The van der Waals surface area contributed by atoms with Crippen LogP contribution < -0.4 is 5.73 Å². The summed E-state index contributed by atoms with van der Waals surface area (Å²) in [6, 6.07) is 17.4. The molecule has 1 unspecified atom stereocenters. The molecular weight excluding hydrogens is 256 g/mol. The van der Waals surface area contributed by atoms with Crippen molar-refractivity contribution in [3.8, 4) is 0 Å². The minimum Gasteiger partial charge on any atom is -0.323 e. The van der Waals surface area contributed by atoms with Gasteiger partial charge in [-0.3, -0.25) is 4.90 Å². The van der Waals surface area contributed by atoms with Gasteiger partial charge in [-0.1, -0.05) is 48.5 Å². The van der Waals surface area contributed by atoms with Crippen LogP contribution in [0.25, 0.3) is 0 Å². The lowest BCUT2D eigenvalue weighted by atomic mass is 10.0. The molecule has 1 aliphatic rings. The van der Waals surface area contributed by atoms with Gasteiger partial charge in [-0.25, -0.2) is 0 Å². The van der Waals surface area contributed by atoms with Crippen LogP contribution in [0, 0.1) is 6.92 Å². The predicted molar refractivity (Wildman–Crippen MR) is 88.1 cm³/mol. The van der Waals surface area contributed by atoms with Gasteiger partial charge < -0.3 is 5.73 Å². The van der Waals surface area contributed by atoms with Crippen LogP contribution in [-0.2, 0) is 13.0 Å². The summed E-state index contributed by atoms with van der Waals surface area (Å²) in [6.07, 6.45) is 2.41. The topological polar surface area (TPSA) is 29.3 Å². The van der Waals surface area contributed by atoms with Crippen molar-refractivity contribution in [1.29, 1.82) is 0 Å². The predicted octanol–water partition coefficient (Wildman–Crippen LogP) is 3.44. The number of hydrogen-bond donors (Lipinski definition) is 1. The molecule has 0 saturated heterocycles. The third kappa shape index (κ3) is 3.34. The summed E-state index contributed by atoms with van der Waals surface area (Å²) in [7, 11) is 0. The molecule has 2 aromatic rings. The molecular formula is C19H24N2. The normalized spacial score (nSPS) is 17.0. The highest BCUT2D eigenvalue weighted by molar-refractivity contribution is 5.30. The van der Waals surface area contributed by atoms with Crippen LogP contribution in [0.1, 0.15) is 34.7 Å². The van der Waals surface area contributed by atoms with Gasteiger partial charge in [-0.05, 0) is 48.6 Å². The van der Waals surface area contributed by atoms with Gasteiger partial charge in [0.05, 0.1) is 0 Å². The molecule has 1 atom stereocenters. The van der Waals surface area contributed by atoms with Crippen molar-refractivity contribution >= 4 is 0 Å². The molecule has 0 aromatic heterocycles. The van der Waals surface area contributed by atoms with Crippen molar-refractivity contribution in [1.82, 2.24) is 4.90 Å². The Morgan fingerprint density at radius 2 is 1.76 bits per heavy atom. The quantitative estimate of drug-likeness (QED) is 0.933. The summed E-state index contributed by atoms with van der Waals surface area (Å²) < 4.78 is 0. The maximum Gasteiger partial charge on any atom is 0.0427 e. The average Bonchev–Trinajstić information content (AvgIpc) is 2.69. The molecule has 21 heavy (non-hydrogen) atoms. The molecule has 2 nitrogen and oxygen atoms in total. The summed E-state index contributed by atoms with van der Waals surface area (Å²) in [4.78, 5) is 2.50. The number of fused-ring (bicyclic) bond motifs is 1. The van der Waals surface area contributed by atoms with Gasteiger partial charge in [-0.2, -0.15) is 0 Å². The summed E-state index contributed by atoms with van der Waals surface area (Å²) in [5.74, 6) is 0. The van der Waals surface area contributed by atoms with Crippen LogP contribution in [0.2, 0.25) is 0 Å². The first-order valence-electron chi connectivity index (χ1n) is 7.84. The Hall–Kier alpha value is -1.64. The summed E-state index contributed by atoms with van der Waals surface area (Å²) in [5, 5.41) is 0. The minimum atomic E-state index is 0.0939. The lowest BCUT2D eigenvalue weighted by molar-refractivity contribution is 0.253. The van der Waals surface area contributed by atoms with Crippen molar-refractivity contribution in [3.05, 3.63) is 70.8 Å². The third-order valence-corrected chi connectivity index (χ3v) is 4.48. The van der Waals surface area contributed by atoms with E-state index in [0.717, 1.165) is 19.6 Å². The van der Waals surface area contributed by atoms with Gasteiger partial charge in [0.25, 0.3) is 0 Å². The maximum atomic E-state index is 6.46. The van der Waals surface area contributed by atoms with Crippen molar-refractivity contribution < 1.29 is 0 Å². The zero-order valence-corrected chi connectivity index (χ0v) is 12.8. The lowest BCUT2D eigenvalue weighted by Crippen LogP contribution is -2.32. The second-order valence-corrected chi connectivity index (χ2v) is 6.07. The number of nitrogens with zero attached hydrogens (tertiary/aromatic N) is 1. The fourth-order valence-electron chi connectivity index (χ4n) is 3.30. The van der Waals surface area contributed by atoms with Crippen molar-refractivity contribution in [2.24, 2.45) is 5.73 Å². The van der Waals surface area contributed by atoms with Crippen molar-refractivity contribution in [3.63, 3.8) is 0 Å². The van der Waals surface area contributed by atoms with E-state index >= 15 is 0 Å². The molecule has 0 aliphatic carbocycles. The van der Waals surface area contributed by atoms with E-state index in [9.17, 15) is 0 Å². The molecule has 0 saturated carbocycles. The summed E-state index contributed by atoms with van der Waals surface area (Å²) in [5.41, 5.74) is 12.0. The number of nitrogens with two attached hydrogens (primary N) is 1. The zero-order chi connectivity index (χ0) is 14.7. The molecule has 3 rings (SSSR count). The van der Waals surface area contributed by atoms with Crippen LogP contribution in [0.3, 0.4) is 0 Å². The Balaban J connectivity index is 1.72. The van der Waals surface area contributed by atoms with E-state index in [1.165, 1.54) is 35.1 Å². The van der Waals surface area contributed by atoms with E-state index in [2.05, 4.69) is 60.4 Å². The smallest absolute Gasteiger partial charge is 0.0427 e. The number of hydrogen-bond acceptors (Lipinski definition) is 2. The van der Waals surface area contributed by atoms with E-state index in [1.54, 1.807) is 0 Å². The molecule has 0 amide bonds. The SMILES string of the molecule is Cc1ccccc1C(N)CN1CCCc2ccccc2C1. The third-order valence-electron chi connectivity index (χ3n) is 4.48. The number of aryl methyl sites for hydroxylation is 2. The van der Waals surface area contributed by atoms with E-state index in [4.69, 9.17) is 5.73 Å². The Kier molecular flexibility index (Phi) is 4.37. The fourth-order valence-corrected chi connectivity index (χ4v) is 3.30. The van der Waals surface area contributed by atoms with Crippen LogP contribution in [0.5, 0.6) is 0 Å². The first-order valence-corrected chi connectivity index (χ1v) is 7.84. The molecule has 1 heterocycles. The summed E-state index contributed by atoms with van der Waals surface area (Å²) in [6.45, 7) is 5.23. The van der Waals surface area contributed by atoms with Crippen LogP contribution in [0.15, 0.2) is 48.5 Å². The van der Waals surface area contributed by atoms with Crippen molar-refractivity contribution in [2.45, 2.75) is 32.4 Å². The molecule has 2 aromatic carbocycles. The number of rotatable bonds is 3. The average molecular weight is 280 g/mol. The van der Waals surface area contributed by atoms with Gasteiger partial charge in [0.1, 0.15) is 0 Å². The second kappa shape index (κ2) is 6.42. The Bertz CT molecular complexity index is 606. The molecule has 0 spiro atoms.